The zero-order chi connectivity index (χ0) is 17.6. The van der Waals surface area contributed by atoms with Gasteiger partial charge in [-0.2, -0.15) is 4.98 Å². The third-order valence-electron chi connectivity index (χ3n) is 3.83. The molecule has 1 aromatic carbocycles. The first-order valence-corrected chi connectivity index (χ1v) is 8.23. The van der Waals surface area contributed by atoms with Crippen LogP contribution in [0.25, 0.3) is 11.3 Å². The molecule has 0 fully saturated rings. The third-order valence-corrected chi connectivity index (χ3v) is 3.83. The molecular weight excluding hydrogens is 317 g/mol. The van der Waals surface area contributed by atoms with Crippen LogP contribution in [0.5, 0.6) is 0 Å². The van der Waals surface area contributed by atoms with Crippen LogP contribution in [0.1, 0.15) is 20.3 Å². The number of para-hydroxylation sites is 1. The molecule has 25 heavy (non-hydrogen) atoms. The predicted octanol–water partition coefficient (Wildman–Crippen LogP) is 4.63. The Morgan fingerprint density at radius 3 is 2.56 bits per heavy atom. The fraction of sp³-hybridized carbons (Fsp3) is 0.211. The van der Waals surface area contributed by atoms with Crippen molar-refractivity contribution < 1.29 is 4.39 Å². The number of rotatable bonds is 6. The largest absolute Gasteiger partial charge is 0.352 e. The van der Waals surface area contributed by atoms with Crippen LogP contribution in [0.4, 0.5) is 21.8 Å². The number of anilines is 3. The number of nitrogens with zero attached hydrogens (tertiary/aromatic N) is 3. The fourth-order valence-corrected chi connectivity index (χ4v) is 2.27. The maximum Gasteiger partial charge on any atom is 0.225 e. The van der Waals surface area contributed by atoms with Crippen LogP contribution in [0.15, 0.2) is 54.9 Å². The molecule has 0 aliphatic carbocycles. The van der Waals surface area contributed by atoms with Gasteiger partial charge in [0.05, 0.1) is 11.4 Å². The Morgan fingerprint density at radius 1 is 1.08 bits per heavy atom. The SMILES string of the molecule is CC[C@H](C)Nc1nc(Nc2ccccc2F)cc(-c2ccncc2)n1. The highest BCUT2D eigenvalue weighted by atomic mass is 19.1. The summed E-state index contributed by atoms with van der Waals surface area (Å²) in [4.78, 5) is 13.1. The van der Waals surface area contributed by atoms with E-state index in [2.05, 4.69) is 39.4 Å². The van der Waals surface area contributed by atoms with Crippen LogP contribution in [0.3, 0.4) is 0 Å². The first-order chi connectivity index (χ1) is 12.2. The van der Waals surface area contributed by atoms with Crippen molar-refractivity contribution in [2.45, 2.75) is 26.3 Å². The lowest BCUT2D eigenvalue weighted by molar-refractivity contribution is 0.632. The molecule has 6 heteroatoms. The Labute approximate surface area is 146 Å². The van der Waals surface area contributed by atoms with Gasteiger partial charge in [-0.05, 0) is 37.6 Å². The van der Waals surface area contributed by atoms with Gasteiger partial charge in [0, 0.05) is 30.1 Å². The van der Waals surface area contributed by atoms with Crippen molar-refractivity contribution in [1.29, 1.82) is 0 Å². The lowest BCUT2D eigenvalue weighted by Crippen LogP contribution is -2.16. The minimum Gasteiger partial charge on any atom is -0.352 e. The van der Waals surface area contributed by atoms with Gasteiger partial charge in [0.15, 0.2) is 0 Å². The number of halogens is 1. The van der Waals surface area contributed by atoms with Crippen LogP contribution in [-0.4, -0.2) is 21.0 Å². The normalized spacial score (nSPS) is 11.8. The average Bonchev–Trinajstić information content (AvgIpc) is 2.64. The van der Waals surface area contributed by atoms with E-state index in [0.29, 0.717) is 17.5 Å². The smallest absolute Gasteiger partial charge is 0.225 e. The second kappa shape index (κ2) is 7.70. The van der Waals surface area contributed by atoms with Crippen molar-refractivity contribution in [1.82, 2.24) is 15.0 Å². The van der Waals surface area contributed by atoms with E-state index in [0.717, 1.165) is 17.7 Å². The molecule has 0 aliphatic heterocycles. The summed E-state index contributed by atoms with van der Waals surface area (Å²) in [6.45, 7) is 4.15. The molecule has 0 saturated carbocycles. The maximum absolute atomic E-state index is 13.9. The summed E-state index contributed by atoms with van der Waals surface area (Å²) in [5, 5.41) is 6.30. The summed E-state index contributed by atoms with van der Waals surface area (Å²) in [6.07, 6.45) is 4.37. The molecular formula is C19H20FN5. The van der Waals surface area contributed by atoms with E-state index in [1.165, 1.54) is 6.07 Å². The van der Waals surface area contributed by atoms with Crippen LogP contribution in [-0.2, 0) is 0 Å². The Morgan fingerprint density at radius 2 is 1.84 bits per heavy atom. The lowest BCUT2D eigenvalue weighted by Gasteiger charge is -2.15. The highest BCUT2D eigenvalue weighted by molar-refractivity contribution is 5.67. The molecule has 0 unspecified atom stereocenters. The average molecular weight is 337 g/mol. The van der Waals surface area contributed by atoms with Crippen LogP contribution in [0, 0.1) is 5.82 Å². The molecule has 3 aromatic rings. The van der Waals surface area contributed by atoms with E-state index in [4.69, 9.17) is 0 Å². The maximum atomic E-state index is 13.9. The summed E-state index contributed by atoms with van der Waals surface area (Å²) < 4.78 is 13.9. The van der Waals surface area contributed by atoms with Gasteiger partial charge >= 0.3 is 0 Å². The van der Waals surface area contributed by atoms with Crippen molar-refractivity contribution in [2.75, 3.05) is 10.6 Å². The minimum atomic E-state index is -0.331. The van der Waals surface area contributed by atoms with Gasteiger partial charge in [-0.15, -0.1) is 0 Å². The Balaban J connectivity index is 1.99. The number of aromatic nitrogens is 3. The van der Waals surface area contributed by atoms with E-state index in [1.807, 2.05) is 12.1 Å². The van der Waals surface area contributed by atoms with Crippen molar-refractivity contribution in [3.63, 3.8) is 0 Å². The van der Waals surface area contributed by atoms with Gasteiger partial charge in [0.25, 0.3) is 0 Å². The third kappa shape index (κ3) is 4.29. The molecule has 2 N–H and O–H groups in total. The number of hydrogen-bond donors (Lipinski definition) is 2. The van der Waals surface area contributed by atoms with Crippen molar-refractivity contribution >= 4 is 17.5 Å². The van der Waals surface area contributed by atoms with Gasteiger partial charge in [0.1, 0.15) is 11.6 Å². The van der Waals surface area contributed by atoms with E-state index in [9.17, 15) is 4.39 Å². The molecule has 2 aromatic heterocycles. The zero-order valence-electron chi connectivity index (χ0n) is 14.2. The second-order valence-corrected chi connectivity index (χ2v) is 5.76. The van der Waals surface area contributed by atoms with Crippen LogP contribution < -0.4 is 10.6 Å². The molecule has 2 heterocycles. The van der Waals surface area contributed by atoms with Gasteiger partial charge in [0.2, 0.25) is 5.95 Å². The molecule has 0 aliphatic rings. The van der Waals surface area contributed by atoms with E-state index in [1.54, 1.807) is 36.7 Å². The number of nitrogens with one attached hydrogen (secondary N) is 2. The first kappa shape index (κ1) is 16.8. The Bertz CT molecular complexity index is 838. The quantitative estimate of drug-likeness (QED) is 0.686. The predicted molar refractivity (Wildman–Crippen MR) is 98.3 cm³/mol. The molecule has 1 atom stereocenters. The highest BCUT2D eigenvalue weighted by Crippen LogP contribution is 2.24. The van der Waals surface area contributed by atoms with Crippen molar-refractivity contribution in [2.24, 2.45) is 0 Å². The zero-order valence-corrected chi connectivity index (χ0v) is 14.2. The van der Waals surface area contributed by atoms with Gasteiger partial charge in [-0.3, -0.25) is 4.98 Å². The van der Waals surface area contributed by atoms with Crippen molar-refractivity contribution in [3.8, 4) is 11.3 Å². The topological polar surface area (TPSA) is 62.7 Å². The summed E-state index contributed by atoms with van der Waals surface area (Å²) in [7, 11) is 0. The summed E-state index contributed by atoms with van der Waals surface area (Å²) in [5.41, 5.74) is 2.03. The number of benzene rings is 1. The van der Waals surface area contributed by atoms with Gasteiger partial charge < -0.3 is 10.6 Å². The minimum absolute atomic E-state index is 0.231. The van der Waals surface area contributed by atoms with Crippen molar-refractivity contribution in [3.05, 3.63) is 60.7 Å². The molecule has 0 amide bonds. The molecule has 5 nitrogen and oxygen atoms in total. The Kier molecular flexibility index (Phi) is 5.18. The molecule has 128 valence electrons. The summed E-state index contributed by atoms with van der Waals surface area (Å²) in [6, 6.07) is 12.3. The Hall–Kier alpha value is -3.02. The van der Waals surface area contributed by atoms with E-state index < -0.39 is 0 Å². The highest BCUT2D eigenvalue weighted by Gasteiger charge is 2.10. The molecule has 0 bridgehead atoms. The van der Waals surface area contributed by atoms with E-state index in [-0.39, 0.29) is 11.9 Å². The molecule has 0 spiro atoms. The summed E-state index contributed by atoms with van der Waals surface area (Å²) >= 11 is 0. The fourth-order valence-electron chi connectivity index (χ4n) is 2.27. The number of pyridine rings is 1. The van der Waals surface area contributed by atoms with Gasteiger partial charge in [-0.25, -0.2) is 9.37 Å². The van der Waals surface area contributed by atoms with E-state index >= 15 is 0 Å². The monoisotopic (exact) mass is 337 g/mol. The molecule has 3 rings (SSSR count). The lowest BCUT2D eigenvalue weighted by atomic mass is 10.2. The van der Waals surface area contributed by atoms with Crippen LogP contribution >= 0.6 is 0 Å². The number of hydrogen-bond acceptors (Lipinski definition) is 5. The van der Waals surface area contributed by atoms with Gasteiger partial charge in [-0.1, -0.05) is 19.1 Å². The standard InChI is InChI=1S/C19H20FN5/c1-3-13(2)22-19-24-17(14-8-10-21-11-9-14)12-18(25-19)23-16-7-5-4-6-15(16)20/h4-13H,3H2,1-2H3,(H2,22,23,24,25)/t13-/m0/s1. The first-order valence-electron chi connectivity index (χ1n) is 8.23. The summed E-state index contributed by atoms with van der Waals surface area (Å²) in [5.74, 6) is 0.697. The second-order valence-electron chi connectivity index (χ2n) is 5.76. The molecule has 0 radical (unpaired) electrons. The van der Waals surface area contributed by atoms with Crippen LogP contribution in [0.2, 0.25) is 0 Å². The molecule has 0 saturated heterocycles.